The number of halogens is 3. The van der Waals surface area contributed by atoms with Crippen molar-refractivity contribution in [2.45, 2.75) is 32.5 Å². The molecule has 0 amide bonds. The van der Waals surface area contributed by atoms with Crippen LogP contribution in [0.25, 0.3) is 12.2 Å². The number of nitrogens with one attached hydrogen (secondary N) is 3. The van der Waals surface area contributed by atoms with Crippen molar-refractivity contribution in [3.05, 3.63) is 78.9 Å². The number of imidazole rings is 1. The summed E-state index contributed by atoms with van der Waals surface area (Å²) in [6.07, 6.45) is -0.627. The van der Waals surface area contributed by atoms with Crippen LogP contribution in [-0.2, 0) is 5.41 Å². The Morgan fingerprint density at radius 3 is 2.23 bits per heavy atom. The highest BCUT2D eigenvalue weighted by Crippen LogP contribution is 2.24. The molecule has 3 aromatic rings. The van der Waals surface area contributed by atoms with Gasteiger partial charge in [-0.2, -0.15) is 0 Å². The van der Waals surface area contributed by atoms with Crippen LogP contribution in [0, 0.1) is 0 Å². The minimum Gasteiger partial charge on any atom is -0.406 e. The van der Waals surface area contributed by atoms with Gasteiger partial charge in [0.15, 0.2) is 0 Å². The molecule has 0 unspecified atom stereocenters. The van der Waals surface area contributed by atoms with Gasteiger partial charge in [-0.05, 0) is 29.8 Å². The fourth-order valence-corrected chi connectivity index (χ4v) is 2.82. The lowest BCUT2D eigenvalue weighted by atomic mass is 9.90. The topological polar surface area (TPSA) is 104 Å². The van der Waals surface area contributed by atoms with E-state index in [-0.39, 0.29) is 21.7 Å². The normalized spacial score (nSPS) is 13.7. The van der Waals surface area contributed by atoms with Gasteiger partial charge in [-0.25, -0.2) is 4.98 Å². The molecule has 7 nitrogen and oxygen atoms in total. The Kier molecular flexibility index (Phi) is 5.43. The van der Waals surface area contributed by atoms with Gasteiger partial charge in [-0.15, -0.1) is 13.2 Å². The maximum atomic E-state index is 12.4. The fraction of sp³-hybridized carbons (Fsp3) is 0.250. The van der Waals surface area contributed by atoms with E-state index < -0.39 is 23.2 Å². The Morgan fingerprint density at radius 2 is 1.63 bits per heavy atom. The lowest BCUT2D eigenvalue weighted by Gasteiger charge is -2.16. The van der Waals surface area contributed by atoms with Gasteiger partial charge >= 0.3 is 6.36 Å². The second-order valence-electron chi connectivity index (χ2n) is 7.56. The monoisotopic (exact) mass is 420 g/mol. The molecule has 0 bridgehead atoms. The van der Waals surface area contributed by atoms with Crippen LogP contribution >= 0.6 is 0 Å². The number of rotatable bonds is 3. The summed E-state index contributed by atoms with van der Waals surface area (Å²) in [5, 5.41) is -0.108. The van der Waals surface area contributed by atoms with E-state index in [4.69, 9.17) is 0 Å². The number of alkyl halides is 3. The molecule has 0 atom stereocenters. The molecule has 0 saturated heterocycles. The molecule has 2 aromatic heterocycles. The zero-order chi connectivity index (χ0) is 22.1. The third kappa shape index (κ3) is 5.07. The summed E-state index contributed by atoms with van der Waals surface area (Å²) < 4.78 is 41.0. The first-order chi connectivity index (χ1) is 13.9. The van der Waals surface area contributed by atoms with Crippen molar-refractivity contribution in [3.63, 3.8) is 0 Å². The van der Waals surface area contributed by atoms with Gasteiger partial charge < -0.3 is 19.7 Å². The zero-order valence-electron chi connectivity index (χ0n) is 16.3. The molecule has 0 radical (unpaired) electrons. The molecule has 0 aliphatic rings. The number of ether oxygens (including phenoxy) is 1. The Morgan fingerprint density at radius 1 is 1.00 bits per heavy atom. The summed E-state index contributed by atoms with van der Waals surface area (Å²) in [5.74, 6) is -0.437. The number of H-pyrrole nitrogens is 3. The molecule has 2 heterocycles. The summed E-state index contributed by atoms with van der Waals surface area (Å²) in [7, 11) is 0. The fourth-order valence-electron chi connectivity index (χ4n) is 2.82. The Balaban J connectivity index is 2.05. The van der Waals surface area contributed by atoms with E-state index in [1.54, 1.807) is 0 Å². The predicted molar refractivity (Wildman–Crippen MR) is 104 cm³/mol. The van der Waals surface area contributed by atoms with E-state index in [1.165, 1.54) is 30.6 Å². The van der Waals surface area contributed by atoms with Crippen LogP contribution in [0.3, 0.4) is 0 Å². The highest BCUT2D eigenvalue weighted by molar-refractivity contribution is 5.51. The minimum atomic E-state index is -4.83. The smallest absolute Gasteiger partial charge is 0.406 e. The molecule has 3 N–H and O–H groups in total. The van der Waals surface area contributed by atoms with Gasteiger partial charge in [0, 0.05) is 11.1 Å². The first-order valence-electron chi connectivity index (χ1n) is 8.88. The lowest BCUT2D eigenvalue weighted by molar-refractivity contribution is -0.274. The highest BCUT2D eigenvalue weighted by Gasteiger charge is 2.31. The van der Waals surface area contributed by atoms with Crippen LogP contribution in [-0.4, -0.2) is 26.3 Å². The van der Waals surface area contributed by atoms with Gasteiger partial charge in [-0.1, -0.05) is 32.9 Å². The third-order valence-corrected chi connectivity index (χ3v) is 4.09. The van der Waals surface area contributed by atoms with Crippen molar-refractivity contribution >= 4 is 12.2 Å². The Hall–Kier alpha value is -3.56. The minimum absolute atomic E-state index is 0.00362. The number of aromatic nitrogens is 4. The van der Waals surface area contributed by atoms with Gasteiger partial charge in [-0.3, -0.25) is 9.59 Å². The summed E-state index contributed by atoms with van der Waals surface area (Å²) in [6, 6.07) is 5.05. The number of benzene rings is 1. The van der Waals surface area contributed by atoms with E-state index in [0.29, 0.717) is 5.69 Å². The summed E-state index contributed by atoms with van der Waals surface area (Å²) >= 11 is 0. The summed E-state index contributed by atoms with van der Waals surface area (Å²) in [6.45, 7) is 5.92. The SMILES string of the molecule is CC(C)(C)c1[nH]cnc1/C=c1/[nH]c(=O)/c(=C\c2cccc(OC(F)(F)F)c2)[nH]c1=O. The molecular formula is C20H19F3N4O3. The maximum Gasteiger partial charge on any atom is 0.573 e. The van der Waals surface area contributed by atoms with Crippen LogP contribution in [0.5, 0.6) is 5.75 Å². The molecule has 0 fully saturated rings. The quantitative estimate of drug-likeness (QED) is 0.599. The first-order valence-corrected chi connectivity index (χ1v) is 8.88. The second kappa shape index (κ2) is 7.69. The molecular weight excluding hydrogens is 401 g/mol. The molecule has 30 heavy (non-hydrogen) atoms. The standard InChI is InChI=1S/C20H19F3N4O3/c1-19(2,3)16-13(24-10-25-16)9-15-18(29)26-14(17(28)27-15)8-11-5-4-6-12(7-11)30-20(21,22)23/h4-10H,1-3H3,(H,24,25)(H,26,29)(H,27,28)/b14-8+,15-9+. The Labute approximate surface area is 168 Å². The van der Waals surface area contributed by atoms with E-state index in [2.05, 4.69) is 24.7 Å². The van der Waals surface area contributed by atoms with E-state index in [0.717, 1.165) is 17.8 Å². The van der Waals surface area contributed by atoms with Crippen molar-refractivity contribution in [2.75, 3.05) is 0 Å². The van der Waals surface area contributed by atoms with Crippen molar-refractivity contribution < 1.29 is 17.9 Å². The number of hydrogen-bond donors (Lipinski definition) is 3. The van der Waals surface area contributed by atoms with Crippen LogP contribution in [0.2, 0.25) is 0 Å². The third-order valence-electron chi connectivity index (χ3n) is 4.09. The molecule has 3 rings (SSSR count). The van der Waals surface area contributed by atoms with Crippen LogP contribution in [0.15, 0.2) is 40.2 Å². The highest BCUT2D eigenvalue weighted by atomic mass is 19.4. The summed E-state index contributed by atoms with van der Waals surface area (Å²) in [4.78, 5) is 37.0. The van der Waals surface area contributed by atoms with E-state index >= 15 is 0 Å². The molecule has 158 valence electrons. The number of aromatic amines is 3. The molecule has 0 aliphatic carbocycles. The second-order valence-corrected chi connectivity index (χ2v) is 7.56. The molecule has 1 aromatic carbocycles. The lowest BCUT2D eigenvalue weighted by Crippen LogP contribution is -2.46. The summed E-state index contributed by atoms with van der Waals surface area (Å²) in [5.41, 5.74) is 0.100. The average molecular weight is 420 g/mol. The van der Waals surface area contributed by atoms with Crippen molar-refractivity contribution in [1.82, 2.24) is 19.9 Å². The van der Waals surface area contributed by atoms with E-state index in [9.17, 15) is 22.8 Å². The zero-order valence-corrected chi connectivity index (χ0v) is 16.3. The molecule has 0 aliphatic heterocycles. The number of nitrogens with zero attached hydrogens (tertiary/aromatic N) is 1. The molecule has 0 spiro atoms. The van der Waals surface area contributed by atoms with Crippen LogP contribution < -0.4 is 26.6 Å². The number of hydrogen-bond acceptors (Lipinski definition) is 4. The van der Waals surface area contributed by atoms with Crippen molar-refractivity contribution in [2.24, 2.45) is 0 Å². The predicted octanol–water partition coefficient (Wildman–Crippen LogP) is 1.64. The largest absolute Gasteiger partial charge is 0.573 e. The van der Waals surface area contributed by atoms with Crippen molar-refractivity contribution in [3.8, 4) is 5.75 Å². The van der Waals surface area contributed by atoms with Crippen molar-refractivity contribution in [1.29, 1.82) is 0 Å². The first kappa shape index (κ1) is 21.2. The van der Waals surface area contributed by atoms with Crippen LogP contribution in [0.4, 0.5) is 13.2 Å². The van der Waals surface area contributed by atoms with Gasteiger partial charge in [0.2, 0.25) is 0 Å². The Bertz CT molecular complexity index is 1290. The molecule has 0 saturated carbocycles. The maximum absolute atomic E-state index is 12.4. The van der Waals surface area contributed by atoms with E-state index in [1.807, 2.05) is 20.8 Å². The van der Waals surface area contributed by atoms with Gasteiger partial charge in [0.05, 0.1) is 12.0 Å². The van der Waals surface area contributed by atoms with Gasteiger partial charge in [0.1, 0.15) is 16.4 Å². The van der Waals surface area contributed by atoms with Crippen LogP contribution in [0.1, 0.15) is 37.7 Å². The molecule has 10 heteroatoms. The average Bonchev–Trinajstić information content (AvgIpc) is 3.07. The van der Waals surface area contributed by atoms with Gasteiger partial charge in [0.25, 0.3) is 11.1 Å².